The van der Waals surface area contributed by atoms with Gasteiger partial charge in [0.05, 0.1) is 0 Å². The van der Waals surface area contributed by atoms with Gasteiger partial charge in [0.2, 0.25) is 0 Å². The normalized spacial score (nSPS) is 15.2. The number of hydrogen-bond acceptors (Lipinski definition) is 1. The second kappa shape index (κ2) is 8.22. The van der Waals surface area contributed by atoms with Crippen LogP contribution in [0.1, 0.15) is 84.0 Å². The van der Waals surface area contributed by atoms with E-state index in [9.17, 15) is 4.79 Å². The standard InChI is InChI=1S/C33H37NO/c1-19(2)24-13-12-21(4)30-26(16-24)22(5)15-27(30)31-23(6)34(25-11-9-10-20(3)14-25)28-17-33(7,8)18-29(35)32(28)31/h9-16,19H,17-18H2,1-8H3. The molecule has 0 bridgehead atoms. The average molecular weight is 464 g/mol. The van der Waals surface area contributed by atoms with Crippen LogP contribution in [0.4, 0.5) is 0 Å². The maximum Gasteiger partial charge on any atom is 0.165 e. The number of aromatic nitrogens is 1. The van der Waals surface area contributed by atoms with Gasteiger partial charge in [-0.2, -0.15) is 0 Å². The zero-order chi connectivity index (χ0) is 25.2. The van der Waals surface area contributed by atoms with Gasteiger partial charge in [-0.25, -0.2) is 0 Å². The molecular formula is C33H37NO. The molecule has 35 heavy (non-hydrogen) atoms. The molecular weight excluding hydrogens is 426 g/mol. The summed E-state index contributed by atoms with van der Waals surface area (Å²) in [6, 6.07) is 17.8. The van der Waals surface area contributed by atoms with Crippen LogP contribution in [0.5, 0.6) is 0 Å². The van der Waals surface area contributed by atoms with Crippen molar-refractivity contribution in [2.75, 3.05) is 0 Å². The molecule has 1 aromatic carbocycles. The summed E-state index contributed by atoms with van der Waals surface area (Å²) in [4.78, 5) is 13.8. The van der Waals surface area contributed by atoms with Crippen molar-refractivity contribution in [1.82, 2.24) is 4.57 Å². The Kier molecular flexibility index (Phi) is 5.55. The van der Waals surface area contributed by atoms with E-state index >= 15 is 0 Å². The third-order valence-electron chi connectivity index (χ3n) is 7.82. The van der Waals surface area contributed by atoms with Gasteiger partial charge in [0.15, 0.2) is 5.78 Å². The van der Waals surface area contributed by atoms with Crippen molar-refractivity contribution in [1.29, 1.82) is 0 Å². The van der Waals surface area contributed by atoms with E-state index in [1.54, 1.807) is 0 Å². The fraction of sp³-hybridized carbons (Fsp3) is 0.364. The van der Waals surface area contributed by atoms with Crippen LogP contribution in [0.3, 0.4) is 0 Å². The van der Waals surface area contributed by atoms with Crippen LogP contribution in [0.15, 0.2) is 48.5 Å². The second-order valence-electron chi connectivity index (χ2n) is 11.7. The number of aryl methyl sites for hydroxylation is 3. The first-order valence-electron chi connectivity index (χ1n) is 12.9. The second-order valence-corrected chi connectivity index (χ2v) is 11.7. The summed E-state index contributed by atoms with van der Waals surface area (Å²) in [6.07, 6.45) is 1.48. The molecule has 2 aromatic rings. The van der Waals surface area contributed by atoms with Crippen molar-refractivity contribution >= 4 is 5.78 Å². The van der Waals surface area contributed by atoms with Crippen LogP contribution in [-0.4, -0.2) is 10.4 Å². The largest absolute Gasteiger partial charge is 0.317 e. The summed E-state index contributed by atoms with van der Waals surface area (Å²) in [5, 5.41) is 0. The monoisotopic (exact) mass is 463 g/mol. The molecule has 2 heteroatoms. The van der Waals surface area contributed by atoms with Gasteiger partial charge in [-0.3, -0.25) is 4.79 Å². The zero-order valence-electron chi connectivity index (χ0n) is 22.5. The Morgan fingerprint density at radius 3 is 2.23 bits per heavy atom. The van der Waals surface area contributed by atoms with Crippen molar-refractivity contribution < 1.29 is 4.79 Å². The highest BCUT2D eigenvalue weighted by atomic mass is 16.1. The van der Waals surface area contributed by atoms with Crippen LogP contribution in [0.25, 0.3) is 27.9 Å². The number of Topliss-reactive ketones (excluding diaryl/α,β-unsaturated/α-hetero) is 1. The Morgan fingerprint density at radius 2 is 1.54 bits per heavy atom. The molecule has 0 atom stereocenters. The van der Waals surface area contributed by atoms with E-state index in [2.05, 4.69) is 108 Å². The molecule has 0 amide bonds. The Bertz CT molecular complexity index is 1450. The molecule has 0 aliphatic heterocycles. The summed E-state index contributed by atoms with van der Waals surface area (Å²) in [5.74, 6) is 0.733. The van der Waals surface area contributed by atoms with Crippen LogP contribution < -0.4 is 0 Å². The number of ketones is 1. The van der Waals surface area contributed by atoms with Crippen LogP contribution >= 0.6 is 0 Å². The lowest BCUT2D eigenvalue weighted by Gasteiger charge is -2.30. The molecule has 3 aliphatic rings. The van der Waals surface area contributed by atoms with Gasteiger partial charge in [0.1, 0.15) is 0 Å². The minimum Gasteiger partial charge on any atom is -0.317 e. The lowest BCUT2D eigenvalue weighted by Crippen LogP contribution is -2.28. The summed E-state index contributed by atoms with van der Waals surface area (Å²) >= 11 is 0. The predicted molar refractivity (Wildman–Crippen MR) is 147 cm³/mol. The molecule has 1 heterocycles. The van der Waals surface area contributed by atoms with Gasteiger partial charge in [0, 0.05) is 34.6 Å². The minimum absolute atomic E-state index is 0.0494. The van der Waals surface area contributed by atoms with E-state index in [1.807, 2.05) is 0 Å². The minimum atomic E-state index is -0.0494. The van der Waals surface area contributed by atoms with Crippen LogP contribution in [0, 0.1) is 33.1 Å². The fourth-order valence-electron chi connectivity index (χ4n) is 6.10. The molecule has 1 aromatic heterocycles. The quantitative estimate of drug-likeness (QED) is 0.298. The third-order valence-corrected chi connectivity index (χ3v) is 7.82. The van der Waals surface area contributed by atoms with Crippen LogP contribution in [0.2, 0.25) is 0 Å². The molecule has 0 N–H and O–H groups in total. The van der Waals surface area contributed by atoms with Gasteiger partial charge in [-0.05, 0) is 96.5 Å². The first-order valence-corrected chi connectivity index (χ1v) is 12.9. The summed E-state index contributed by atoms with van der Waals surface area (Å²) in [7, 11) is 0. The number of rotatable bonds is 3. The Labute approximate surface area is 210 Å². The van der Waals surface area contributed by atoms with E-state index in [-0.39, 0.29) is 11.2 Å². The van der Waals surface area contributed by atoms with Gasteiger partial charge >= 0.3 is 0 Å². The molecule has 180 valence electrons. The van der Waals surface area contributed by atoms with Gasteiger partial charge < -0.3 is 4.57 Å². The number of benzene rings is 1. The summed E-state index contributed by atoms with van der Waals surface area (Å²) in [5.41, 5.74) is 14.4. The maximum absolute atomic E-state index is 13.8. The van der Waals surface area contributed by atoms with E-state index in [0.29, 0.717) is 12.3 Å². The molecule has 0 saturated carbocycles. The van der Waals surface area contributed by atoms with E-state index in [1.165, 1.54) is 38.9 Å². The smallest absolute Gasteiger partial charge is 0.165 e. The molecule has 0 radical (unpaired) electrons. The van der Waals surface area contributed by atoms with Crippen molar-refractivity contribution in [2.45, 2.75) is 74.1 Å². The van der Waals surface area contributed by atoms with Gasteiger partial charge in [-0.15, -0.1) is 0 Å². The van der Waals surface area contributed by atoms with Gasteiger partial charge in [0.25, 0.3) is 0 Å². The lowest BCUT2D eigenvalue weighted by molar-refractivity contribution is 0.0911. The fourth-order valence-corrected chi connectivity index (χ4v) is 6.10. The van der Waals surface area contributed by atoms with E-state index in [4.69, 9.17) is 0 Å². The molecule has 0 spiro atoms. The Balaban J connectivity index is 1.86. The average Bonchev–Trinajstić information content (AvgIpc) is 3.15. The van der Waals surface area contributed by atoms with Crippen molar-refractivity contribution in [3.63, 3.8) is 0 Å². The first kappa shape index (κ1) is 23.6. The maximum atomic E-state index is 13.8. The summed E-state index contributed by atoms with van der Waals surface area (Å²) in [6.45, 7) is 17.7. The molecule has 0 unspecified atom stereocenters. The van der Waals surface area contributed by atoms with Crippen LogP contribution in [-0.2, 0) is 6.42 Å². The molecule has 0 fully saturated rings. The number of hydrogen-bond donors (Lipinski definition) is 0. The first-order chi connectivity index (χ1) is 16.5. The summed E-state index contributed by atoms with van der Waals surface area (Å²) < 4.78 is 2.36. The molecule has 0 saturated heterocycles. The Morgan fingerprint density at radius 1 is 0.800 bits per heavy atom. The number of carbonyl (C=O) groups excluding carboxylic acids is 1. The predicted octanol–water partition coefficient (Wildman–Crippen LogP) is 8.76. The van der Waals surface area contributed by atoms with E-state index in [0.717, 1.165) is 34.6 Å². The van der Waals surface area contributed by atoms with Gasteiger partial charge in [-0.1, -0.05) is 64.1 Å². The molecule has 3 aliphatic carbocycles. The number of nitrogens with zero attached hydrogens (tertiary/aromatic N) is 1. The SMILES string of the molecule is Cc1cccc(-n2c(C)c(-c3cc(C)c4cc(C(C)C)ccc(C)c3-4)c3c2CC(C)(C)CC3=O)c1. The zero-order valence-corrected chi connectivity index (χ0v) is 22.5. The highest BCUT2D eigenvalue weighted by Gasteiger charge is 2.38. The van der Waals surface area contributed by atoms with Crippen molar-refractivity contribution in [2.24, 2.45) is 5.41 Å². The highest BCUT2D eigenvalue weighted by molar-refractivity contribution is 6.08. The topological polar surface area (TPSA) is 22.0 Å². The number of carbonyl (C=O) groups is 1. The highest BCUT2D eigenvalue weighted by Crippen LogP contribution is 2.48. The molecule has 2 nitrogen and oxygen atoms in total. The number of fused-ring (bicyclic) bond motifs is 2. The molecule has 5 rings (SSSR count). The van der Waals surface area contributed by atoms with Crippen molar-refractivity contribution in [3.05, 3.63) is 87.7 Å². The van der Waals surface area contributed by atoms with Crippen molar-refractivity contribution in [3.8, 4) is 27.9 Å². The Hall–Kier alpha value is -3.13. The van der Waals surface area contributed by atoms with E-state index < -0.39 is 0 Å². The third kappa shape index (κ3) is 3.84. The lowest BCUT2D eigenvalue weighted by atomic mass is 9.75.